The molecule has 0 fully saturated rings. The highest BCUT2D eigenvalue weighted by Gasteiger charge is 2.14. The first-order valence-electron chi connectivity index (χ1n) is 4.66. The maximum absolute atomic E-state index is 11.8. The molecule has 0 radical (unpaired) electrons. The minimum Gasteiger partial charge on any atom is -0.444 e. The van der Waals surface area contributed by atoms with E-state index in [9.17, 15) is 4.79 Å². The molecule has 0 atom stereocenters. The number of amides is 1. The number of hydrogen-bond acceptors (Lipinski definition) is 3. The molecule has 0 bridgehead atoms. The van der Waals surface area contributed by atoms with Crippen LogP contribution in [-0.4, -0.2) is 16.1 Å². The van der Waals surface area contributed by atoms with Crippen molar-refractivity contribution in [2.45, 2.75) is 13.8 Å². The third-order valence-electron chi connectivity index (χ3n) is 2.16. The summed E-state index contributed by atoms with van der Waals surface area (Å²) in [6, 6.07) is 3.27. The van der Waals surface area contributed by atoms with Crippen LogP contribution in [0.2, 0.25) is 0 Å². The lowest BCUT2D eigenvalue weighted by atomic mass is 10.3. The first-order valence-corrected chi connectivity index (χ1v) is 5.45. The van der Waals surface area contributed by atoms with Crippen molar-refractivity contribution < 1.29 is 9.21 Å². The lowest BCUT2D eigenvalue weighted by Gasteiger charge is -2.02. The molecule has 0 aliphatic heterocycles. The van der Waals surface area contributed by atoms with Gasteiger partial charge in [-0.1, -0.05) is 0 Å². The van der Waals surface area contributed by atoms with Gasteiger partial charge in [-0.3, -0.25) is 9.89 Å². The molecule has 16 heavy (non-hydrogen) atoms. The quantitative estimate of drug-likeness (QED) is 0.890. The summed E-state index contributed by atoms with van der Waals surface area (Å²) >= 11 is 3.14. The SMILES string of the molecule is Cc1n[nH]c(C)c1NC(=O)c1ccc(Br)o1. The number of nitrogens with one attached hydrogen (secondary N) is 2. The zero-order chi connectivity index (χ0) is 11.7. The van der Waals surface area contributed by atoms with Crippen LogP contribution in [0.3, 0.4) is 0 Å². The number of H-pyrrole nitrogens is 1. The van der Waals surface area contributed by atoms with Crippen molar-refractivity contribution in [2.75, 3.05) is 5.32 Å². The van der Waals surface area contributed by atoms with Crippen molar-refractivity contribution in [3.63, 3.8) is 0 Å². The van der Waals surface area contributed by atoms with Crippen LogP contribution in [-0.2, 0) is 0 Å². The van der Waals surface area contributed by atoms with Crippen molar-refractivity contribution in [1.82, 2.24) is 10.2 Å². The van der Waals surface area contributed by atoms with E-state index in [1.807, 2.05) is 13.8 Å². The van der Waals surface area contributed by atoms with Crippen LogP contribution in [0, 0.1) is 13.8 Å². The monoisotopic (exact) mass is 283 g/mol. The van der Waals surface area contributed by atoms with E-state index in [1.54, 1.807) is 12.1 Å². The molecule has 5 nitrogen and oxygen atoms in total. The Morgan fingerprint density at radius 3 is 2.75 bits per heavy atom. The second kappa shape index (κ2) is 4.13. The van der Waals surface area contributed by atoms with E-state index in [0.29, 0.717) is 10.4 Å². The van der Waals surface area contributed by atoms with Crippen molar-refractivity contribution in [1.29, 1.82) is 0 Å². The molecule has 0 spiro atoms. The number of aromatic amines is 1. The van der Waals surface area contributed by atoms with Crippen LogP contribution < -0.4 is 5.32 Å². The van der Waals surface area contributed by atoms with E-state index in [2.05, 4.69) is 31.4 Å². The van der Waals surface area contributed by atoms with Gasteiger partial charge in [-0.2, -0.15) is 5.10 Å². The molecule has 84 valence electrons. The molecule has 0 aromatic carbocycles. The van der Waals surface area contributed by atoms with Crippen molar-refractivity contribution in [3.8, 4) is 0 Å². The normalized spacial score (nSPS) is 10.4. The minimum absolute atomic E-state index is 0.256. The number of rotatable bonds is 2. The van der Waals surface area contributed by atoms with Gasteiger partial charge < -0.3 is 9.73 Å². The minimum atomic E-state index is -0.293. The van der Waals surface area contributed by atoms with E-state index < -0.39 is 0 Å². The number of hydrogen-bond donors (Lipinski definition) is 2. The molecule has 2 heterocycles. The van der Waals surface area contributed by atoms with Crippen LogP contribution in [0.25, 0.3) is 0 Å². The summed E-state index contributed by atoms with van der Waals surface area (Å²) in [6.45, 7) is 3.66. The maximum atomic E-state index is 11.8. The van der Waals surface area contributed by atoms with Gasteiger partial charge in [0, 0.05) is 0 Å². The predicted molar refractivity (Wildman–Crippen MR) is 62.4 cm³/mol. The van der Waals surface area contributed by atoms with Crippen LogP contribution in [0.1, 0.15) is 21.9 Å². The number of halogens is 1. The molecule has 0 aliphatic carbocycles. The van der Waals surface area contributed by atoms with Gasteiger partial charge in [-0.25, -0.2) is 0 Å². The van der Waals surface area contributed by atoms with Gasteiger partial charge in [0.15, 0.2) is 10.4 Å². The van der Waals surface area contributed by atoms with E-state index in [1.165, 1.54) is 0 Å². The lowest BCUT2D eigenvalue weighted by molar-refractivity contribution is 0.0995. The Hall–Kier alpha value is -1.56. The van der Waals surface area contributed by atoms with Crippen LogP contribution in [0.5, 0.6) is 0 Å². The number of anilines is 1. The molecule has 1 amide bonds. The number of carbonyl (C=O) groups is 1. The molecule has 2 aromatic rings. The topological polar surface area (TPSA) is 70.9 Å². The molecule has 6 heteroatoms. The zero-order valence-electron chi connectivity index (χ0n) is 8.80. The highest BCUT2D eigenvalue weighted by atomic mass is 79.9. The fourth-order valence-corrected chi connectivity index (χ4v) is 1.65. The fourth-order valence-electron chi connectivity index (χ4n) is 1.35. The fraction of sp³-hybridized carbons (Fsp3) is 0.200. The first-order chi connectivity index (χ1) is 7.58. The molecule has 2 rings (SSSR count). The van der Waals surface area contributed by atoms with Crippen molar-refractivity contribution in [2.24, 2.45) is 0 Å². The van der Waals surface area contributed by atoms with Gasteiger partial charge in [0.05, 0.1) is 17.1 Å². The predicted octanol–water partition coefficient (Wildman–Crippen LogP) is 2.63. The Morgan fingerprint density at radius 2 is 2.25 bits per heavy atom. The number of nitrogens with zero attached hydrogens (tertiary/aromatic N) is 1. The van der Waals surface area contributed by atoms with Crippen molar-refractivity contribution in [3.05, 3.63) is 34.0 Å². The second-order valence-corrected chi connectivity index (χ2v) is 4.15. The van der Waals surface area contributed by atoms with Gasteiger partial charge in [0.25, 0.3) is 5.91 Å². The number of aryl methyl sites for hydroxylation is 2. The van der Waals surface area contributed by atoms with Gasteiger partial charge >= 0.3 is 0 Å². The molecular weight excluding hydrogens is 274 g/mol. The summed E-state index contributed by atoms with van der Waals surface area (Å²) in [5, 5.41) is 9.52. The molecule has 2 aromatic heterocycles. The summed E-state index contributed by atoms with van der Waals surface area (Å²) in [4.78, 5) is 11.8. The average molecular weight is 284 g/mol. The number of furan rings is 1. The van der Waals surface area contributed by atoms with Crippen LogP contribution >= 0.6 is 15.9 Å². The van der Waals surface area contributed by atoms with Gasteiger partial charge in [0.1, 0.15) is 0 Å². The Labute approximate surface area is 100 Å². The Balaban J connectivity index is 2.20. The van der Waals surface area contributed by atoms with E-state index in [0.717, 1.165) is 11.4 Å². The average Bonchev–Trinajstić information content (AvgIpc) is 2.79. The summed E-state index contributed by atoms with van der Waals surface area (Å²) in [5.41, 5.74) is 2.26. The van der Waals surface area contributed by atoms with E-state index in [-0.39, 0.29) is 11.7 Å². The molecule has 0 unspecified atom stereocenters. The van der Waals surface area contributed by atoms with Crippen molar-refractivity contribution >= 4 is 27.5 Å². The Morgan fingerprint density at radius 1 is 1.50 bits per heavy atom. The van der Waals surface area contributed by atoms with Gasteiger partial charge in [0.2, 0.25) is 0 Å². The van der Waals surface area contributed by atoms with Crippen LogP contribution in [0.4, 0.5) is 5.69 Å². The summed E-state index contributed by atoms with van der Waals surface area (Å²) < 4.78 is 5.67. The summed E-state index contributed by atoms with van der Waals surface area (Å²) in [5.74, 6) is -0.0369. The third-order valence-corrected chi connectivity index (χ3v) is 2.59. The molecule has 0 saturated carbocycles. The summed E-state index contributed by atoms with van der Waals surface area (Å²) in [6.07, 6.45) is 0. The smallest absolute Gasteiger partial charge is 0.291 e. The molecular formula is C10H10BrN3O2. The molecule has 2 N–H and O–H groups in total. The maximum Gasteiger partial charge on any atom is 0.291 e. The van der Waals surface area contributed by atoms with Crippen LogP contribution in [0.15, 0.2) is 21.2 Å². The number of carbonyl (C=O) groups excluding carboxylic acids is 1. The van der Waals surface area contributed by atoms with Gasteiger partial charge in [-0.05, 0) is 41.9 Å². The number of aromatic nitrogens is 2. The Bertz CT molecular complexity index is 510. The Kier molecular flexibility index (Phi) is 2.82. The summed E-state index contributed by atoms with van der Waals surface area (Å²) in [7, 11) is 0. The third kappa shape index (κ3) is 2.01. The largest absolute Gasteiger partial charge is 0.444 e. The highest BCUT2D eigenvalue weighted by molar-refractivity contribution is 9.10. The molecule has 0 aliphatic rings. The lowest BCUT2D eigenvalue weighted by Crippen LogP contribution is -2.11. The first kappa shape index (κ1) is 10.9. The second-order valence-electron chi connectivity index (χ2n) is 3.37. The highest BCUT2D eigenvalue weighted by Crippen LogP contribution is 2.19. The van der Waals surface area contributed by atoms with Gasteiger partial charge in [-0.15, -0.1) is 0 Å². The zero-order valence-corrected chi connectivity index (χ0v) is 10.4. The standard InChI is InChI=1S/C10H10BrN3O2/c1-5-9(6(2)14-13-5)12-10(15)7-3-4-8(11)16-7/h3-4H,1-2H3,(H,12,15)(H,13,14). The van der Waals surface area contributed by atoms with E-state index in [4.69, 9.17) is 4.42 Å². The van der Waals surface area contributed by atoms with E-state index >= 15 is 0 Å². The molecule has 0 saturated heterocycles.